The molecule has 2 heterocycles. The van der Waals surface area contributed by atoms with Crippen LogP contribution in [-0.2, 0) is 23.4 Å². The van der Waals surface area contributed by atoms with E-state index in [0.29, 0.717) is 11.4 Å². The van der Waals surface area contributed by atoms with E-state index in [1.165, 1.54) is 43.0 Å². The molecule has 0 aliphatic carbocycles. The first-order valence-corrected chi connectivity index (χ1v) is 12.1. The molecule has 0 spiro atoms. The maximum absolute atomic E-state index is 13.4. The fourth-order valence-corrected chi connectivity index (χ4v) is 5.00. The highest BCUT2D eigenvalue weighted by Crippen LogP contribution is 2.46. The van der Waals surface area contributed by atoms with Gasteiger partial charge in [0.2, 0.25) is 0 Å². The Balaban J connectivity index is 1.71. The highest BCUT2D eigenvalue weighted by Gasteiger charge is 2.38. The van der Waals surface area contributed by atoms with E-state index in [0.717, 1.165) is 0 Å². The van der Waals surface area contributed by atoms with Crippen LogP contribution in [0, 0.1) is 5.92 Å². The number of methoxy groups -OCH3 is 1. The van der Waals surface area contributed by atoms with Gasteiger partial charge in [0.15, 0.2) is 0 Å². The monoisotopic (exact) mass is 500 g/mol. The lowest BCUT2D eigenvalue weighted by molar-refractivity contribution is -0.142. The quantitative estimate of drug-likeness (QED) is 0.389. The molecule has 0 amide bonds. The Morgan fingerprint density at radius 3 is 2.73 bits per heavy atom. The van der Waals surface area contributed by atoms with Crippen molar-refractivity contribution in [3.63, 3.8) is 0 Å². The molecule has 2 aromatic rings. The zero-order valence-corrected chi connectivity index (χ0v) is 20.0. The topological polar surface area (TPSA) is 144 Å². The predicted octanol–water partition coefficient (Wildman–Crippen LogP) is 2.76. The number of nitrogens with zero attached hydrogens (tertiary/aromatic N) is 2. The summed E-state index contributed by atoms with van der Waals surface area (Å²) < 4.78 is 36.6. The Bertz CT molecular complexity index is 1080. The number of nitrogens with one attached hydrogen (secondary N) is 1. The molecular formula is C20H26ClN4O7P. The van der Waals surface area contributed by atoms with Crippen molar-refractivity contribution in [3.8, 4) is 5.75 Å². The lowest BCUT2D eigenvalue weighted by Crippen LogP contribution is -2.35. The minimum absolute atomic E-state index is 0.0553. The van der Waals surface area contributed by atoms with Crippen LogP contribution in [-0.4, -0.2) is 41.4 Å². The summed E-state index contributed by atoms with van der Waals surface area (Å²) in [6.07, 6.45) is 0.961. The molecular weight excluding hydrogens is 475 g/mol. The van der Waals surface area contributed by atoms with Gasteiger partial charge in [0.05, 0.1) is 19.8 Å². The number of carbonyl (C=O) groups is 1. The number of nitrogens with two attached hydrogens (primary N) is 1. The molecule has 1 fully saturated rings. The molecule has 5 atom stereocenters. The van der Waals surface area contributed by atoms with Crippen molar-refractivity contribution in [3.05, 3.63) is 52.0 Å². The molecule has 1 aliphatic rings. The average Bonchev–Trinajstić information content (AvgIpc) is 3.13. The number of aromatic nitrogens is 2. The van der Waals surface area contributed by atoms with Gasteiger partial charge in [-0.3, -0.25) is 13.9 Å². The summed E-state index contributed by atoms with van der Waals surface area (Å²) in [5.74, 6) is -0.349. The molecule has 180 valence electrons. The summed E-state index contributed by atoms with van der Waals surface area (Å²) in [5.41, 5.74) is 5.02. The molecule has 1 aliphatic heterocycles. The number of ether oxygens (including phenoxy) is 2. The minimum atomic E-state index is -4.03. The zero-order valence-electron chi connectivity index (χ0n) is 18.3. The van der Waals surface area contributed by atoms with Crippen LogP contribution in [0.25, 0.3) is 0 Å². The Kier molecular flexibility index (Phi) is 8.14. The van der Waals surface area contributed by atoms with Gasteiger partial charge in [-0.2, -0.15) is 10.1 Å². The molecule has 0 bridgehead atoms. The van der Waals surface area contributed by atoms with Gasteiger partial charge < -0.3 is 19.7 Å². The van der Waals surface area contributed by atoms with E-state index >= 15 is 0 Å². The van der Waals surface area contributed by atoms with Gasteiger partial charge >= 0.3 is 19.4 Å². The van der Waals surface area contributed by atoms with Crippen LogP contribution in [0.1, 0.15) is 26.5 Å². The number of hydrogen-bond acceptors (Lipinski definition) is 9. The Labute approximate surface area is 195 Å². The maximum atomic E-state index is 13.4. The number of hydrogen-bond donors (Lipinski definition) is 2. The summed E-state index contributed by atoms with van der Waals surface area (Å²) in [6.45, 7) is 3.26. The van der Waals surface area contributed by atoms with Crippen LogP contribution in [0.2, 0.25) is 5.02 Å². The number of carbonyl (C=O) groups excluding carboxylic acids is 1. The van der Waals surface area contributed by atoms with Crippen LogP contribution in [0.3, 0.4) is 0 Å². The zero-order chi connectivity index (χ0) is 24.2. The Hall–Kier alpha value is -2.43. The van der Waals surface area contributed by atoms with Gasteiger partial charge in [-0.1, -0.05) is 18.5 Å². The van der Waals surface area contributed by atoms with E-state index in [-0.39, 0.29) is 24.1 Å². The van der Waals surface area contributed by atoms with Crippen LogP contribution < -0.4 is 21.0 Å². The van der Waals surface area contributed by atoms with E-state index in [9.17, 15) is 14.2 Å². The Morgan fingerprint density at radius 2 is 2.09 bits per heavy atom. The van der Waals surface area contributed by atoms with E-state index in [4.69, 9.17) is 31.1 Å². The molecule has 13 heteroatoms. The standard InChI is InChI=1S/C20H26ClN4O7P/c1-12-10-16(31-18(12)25-9-8-17(22)23-20(25)27)11-30-33(28,24-13(2)19(26)29-3)32-15-6-4-14(21)5-7-15/h4-9,12-13,16,18H,10-11H2,1-3H3,(H,24,28)(H2,22,23,27)/t12-,13-,16-,18-,33?/m0/s1. The number of rotatable bonds is 9. The van der Waals surface area contributed by atoms with E-state index in [1.807, 2.05) is 6.92 Å². The van der Waals surface area contributed by atoms with Crippen molar-refractivity contribution >= 4 is 31.1 Å². The van der Waals surface area contributed by atoms with Crippen molar-refractivity contribution < 1.29 is 27.9 Å². The van der Waals surface area contributed by atoms with Crippen molar-refractivity contribution in [2.75, 3.05) is 19.5 Å². The number of esters is 1. The van der Waals surface area contributed by atoms with Gasteiger partial charge in [-0.25, -0.2) is 9.36 Å². The van der Waals surface area contributed by atoms with Gasteiger partial charge in [-0.05, 0) is 43.7 Å². The number of halogens is 1. The molecule has 1 aromatic heterocycles. The average molecular weight is 501 g/mol. The molecule has 33 heavy (non-hydrogen) atoms. The van der Waals surface area contributed by atoms with Crippen LogP contribution in [0.5, 0.6) is 5.75 Å². The van der Waals surface area contributed by atoms with Gasteiger partial charge in [0, 0.05) is 17.1 Å². The van der Waals surface area contributed by atoms with Gasteiger partial charge in [-0.15, -0.1) is 0 Å². The smallest absolute Gasteiger partial charge is 0.459 e. The van der Waals surface area contributed by atoms with Crippen molar-refractivity contribution in [1.82, 2.24) is 14.6 Å². The maximum Gasteiger partial charge on any atom is 0.459 e. The third-order valence-electron chi connectivity index (χ3n) is 4.96. The SMILES string of the molecule is COC(=O)[C@H](C)NP(=O)(OC[C@@H]1C[C@H](C)[C@@H](n2ccc(N)nc2=O)O1)Oc1ccc(Cl)cc1. The third kappa shape index (κ3) is 6.55. The molecule has 11 nitrogen and oxygen atoms in total. The summed E-state index contributed by atoms with van der Waals surface area (Å²) in [7, 11) is -2.81. The third-order valence-corrected chi connectivity index (χ3v) is 6.85. The second kappa shape index (κ2) is 10.7. The first-order chi connectivity index (χ1) is 15.6. The molecule has 0 saturated carbocycles. The molecule has 3 rings (SSSR count). The largest absolute Gasteiger partial charge is 0.468 e. The van der Waals surface area contributed by atoms with Crippen molar-refractivity contribution in [2.45, 2.75) is 38.6 Å². The molecule has 1 unspecified atom stereocenters. The van der Waals surface area contributed by atoms with Crippen LogP contribution in [0.15, 0.2) is 41.3 Å². The van der Waals surface area contributed by atoms with Gasteiger partial charge in [0.1, 0.15) is 23.8 Å². The minimum Gasteiger partial charge on any atom is -0.468 e. The number of nitrogen functional groups attached to an aromatic ring is 1. The fraction of sp³-hybridized carbons (Fsp3) is 0.450. The second-order valence-electron chi connectivity index (χ2n) is 7.62. The van der Waals surface area contributed by atoms with Crippen LogP contribution >= 0.6 is 19.3 Å². The summed E-state index contributed by atoms with van der Waals surface area (Å²) in [6, 6.07) is 6.71. The summed E-state index contributed by atoms with van der Waals surface area (Å²) in [4.78, 5) is 27.7. The molecule has 1 saturated heterocycles. The lowest BCUT2D eigenvalue weighted by Gasteiger charge is -2.24. The highest BCUT2D eigenvalue weighted by atomic mass is 35.5. The first kappa shape index (κ1) is 25.2. The number of benzene rings is 1. The van der Waals surface area contributed by atoms with E-state index in [2.05, 4.69) is 14.8 Å². The Morgan fingerprint density at radius 1 is 1.39 bits per heavy atom. The van der Waals surface area contributed by atoms with Crippen LogP contribution in [0.4, 0.5) is 5.82 Å². The predicted molar refractivity (Wildman–Crippen MR) is 121 cm³/mol. The first-order valence-electron chi connectivity index (χ1n) is 10.2. The van der Waals surface area contributed by atoms with E-state index < -0.39 is 37.8 Å². The van der Waals surface area contributed by atoms with Crippen molar-refractivity contribution in [2.24, 2.45) is 5.92 Å². The highest BCUT2D eigenvalue weighted by molar-refractivity contribution is 7.52. The lowest BCUT2D eigenvalue weighted by atomic mass is 10.1. The molecule has 1 aromatic carbocycles. The second-order valence-corrected chi connectivity index (χ2v) is 9.75. The normalized spacial score (nSPS) is 23.0. The van der Waals surface area contributed by atoms with Crippen molar-refractivity contribution in [1.29, 1.82) is 0 Å². The number of anilines is 1. The summed E-state index contributed by atoms with van der Waals surface area (Å²) >= 11 is 5.89. The summed E-state index contributed by atoms with van der Waals surface area (Å²) in [5, 5.41) is 3.04. The van der Waals surface area contributed by atoms with E-state index in [1.54, 1.807) is 12.1 Å². The fourth-order valence-electron chi connectivity index (χ4n) is 3.36. The molecule has 0 radical (unpaired) electrons. The molecule has 3 N–H and O–H groups in total. The van der Waals surface area contributed by atoms with Gasteiger partial charge in [0.25, 0.3) is 0 Å².